The number of nitro groups is 1. The Morgan fingerprint density at radius 1 is 1.32 bits per heavy atom. The van der Waals surface area contributed by atoms with E-state index in [1.54, 1.807) is 6.07 Å². The van der Waals surface area contributed by atoms with E-state index in [1.807, 2.05) is 27.7 Å². The van der Waals surface area contributed by atoms with Gasteiger partial charge in [-0.2, -0.15) is 0 Å². The second kappa shape index (κ2) is 4.92. The highest BCUT2D eigenvalue weighted by molar-refractivity contribution is 6.63. The van der Waals surface area contributed by atoms with Crippen LogP contribution >= 0.6 is 0 Å². The van der Waals surface area contributed by atoms with Crippen LogP contribution in [0.3, 0.4) is 0 Å². The second-order valence-electron chi connectivity index (χ2n) is 6.75. The predicted molar refractivity (Wildman–Crippen MR) is 80.3 cm³/mol. The fraction of sp³-hybridized carbons (Fsp3) is 0.643. The summed E-state index contributed by atoms with van der Waals surface area (Å²) >= 11 is 0. The van der Waals surface area contributed by atoms with Crippen molar-refractivity contribution in [1.82, 2.24) is 4.98 Å². The third kappa shape index (κ3) is 2.68. The fourth-order valence-corrected chi connectivity index (χ4v) is 2.19. The monoisotopic (exact) mass is 306 g/mol. The smallest absolute Gasteiger partial charge is 0.486 e. The molecule has 2 heterocycles. The number of hydrogen-bond donors (Lipinski definition) is 0. The van der Waals surface area contributed by atoms with Gasteiger partial charge in [0.2, 0.25) is 0 Å². The molecule has 7 nitrogen and oxygen atoms in total. The number of aromatic nitrogens is 1. The Balaban J connectivity index is 1.95. The molecule has 1 aliphatic heterocycles. The van der Waals surface area contributed by atoms with Gasteiger partial charge in [-0.15, -0.1) is 0 Å². The summed E-state index contributed by atoms with van der Waals surface area (Å²) in [7, 11) is -0.833. The van der Waals surface area contributed by atoms with Crippen LogP contribution in [-0.4, -0.2) is 34.3 Å². The lowest BCUT2D eigenvalue weighted by atomic mass is 9.79. The number of rotatable bonds is 4. The lowest BCUT2D eigenvalue weighted by Gasteiger charge is -2.32. The van der Waals surface area contributed by atoms with Crippen LogP contribution in [0.2, 0.25) is 0 Å². The standard InChI is InChI=1S/C14H19BN2O5/c1-13(2)14(3,4)22-15(21-13)11-7-10(20-9-5-6-9)8-16-12(11)17(18)19/h7-9H,5-6H2,1-4H3. The van der Waals surface area contributed by atoms with E-state index >= 15 is 0 Å². The van der Waals surface area contributed by atoms with Crippen LogP contribution in [0.25, 0.3) is 0 Å². The molecule has 1 aromatic rings. The molecule has 2 fully saturated rings. The molecule has 0 N–H and O–H groups in total. The minimum Gasteiger partial charge on any atom is -0.486 e. The van der Waals surface area contributed by atoms with Crippen LogP contribution in [0, 0.1) is 10.1 Å². The molecule has 2 aliphatic rings. The summed E-state index contributed by atoms with van der Waals surface area (Å²) in [5.41, 5.74) is -0.848. The summed E-state index contributed by atoms with van der Waals surface area (Å²) in [6.45, 7) is 7.60. The average molecular weight is 306 g/mol. The zero-order chi connectivity index (χ0) is 16.1. The molecule has 1 aromatic heterocycles. The van der Waals surface area contributed by atoms with Gasteiger partial charge >= 0.3 is 12.9 Å². The number of nitrogens with zero attached hydrogens (tertiary/aromatic N) is 2. The molecule has 3 rings (SSSR count). The van der Waals surface area contributed by atoms with E-state index in [0.717, 1.165) is 12.8 Å². The fourth-order valence-electron chi connectivity index (χ4n) is 2.19. The van der Waals surface area contributed by atoms with Crippen molar-refractivity contribution in [3.63, 3.8) is 0 Å². The van der Waals surface area contributed by atoms with Gasteiger partial charge in [-0.05, 0) is 56.5 Å². The molecule has 0 bridgehead atoms. The molecule has 22 heavy (non-hydrogen) atoms. The van der Waals surface area contributed by atoms with Crippen molar-refractivity contribution in [2.75, 3.05) is 0 Å². The second-order valence-corrected chi connectivity index (χ2v) is 6.75. The number of ether oxygens (including phenoxy) is 1. The van der Waals surface area contributed by atoms with Crippen molar-refractivity contribution in [2.24, 2.45) is 0 Å². The van der Waals surface area contributed by atoms with E-state index in [0.29, 0.717) is 11.2 Å². The summed E-state index contributed by atoms with van der Waals surface area (Å²) in [5, 5.41) is 11.2. The molecule has 0 amide bonds. The third-order valence-electron chi connectivity index (χ3n) is 4.38. The van der Waals surface area contributed by atoms with E-state index in [2.05, 4.69) is 4.98 Å². The van der Waals surface area contributed by atoms with E-state index in [4.69, 9.17) is 14.0 Å². The van der Waals surface area contributed by atoms with Crippen LogP contribution in [0.5, 0.6) is 5.75 Å². The lowest BCUT2D eigenvalue weighted by molar-refractivity contribution is -0.388. The first-order valence-electron chi connectivity index (χ1n) is 7.36. The van der Waals surface area contributed by atoms with Crippen molar-refractivity contribution in [2.45, 2.75) is 57.8 Å². The SMILES string of the molecule is CC1(C)OB(c2cc(OC3CC3)cnc2[N+](=O)[O-])OC1(C)C. The molecule has 0 unspecified atom stereocenters. The Bertz CT molecular complexity index is 599. The van der Waals surface area contributed by atoms with Crippen molar-refractivity contribution in [3.8, 4) is 5.75 Å². The summed E-state index contributed by atoms with van der Waals surface area (Å²) in [4.78, 5) is 14.6. The maximum atomic E-state index is 11.2. The Morgan fingerprint density at radius 3 is 2.41 bits per heavy atom. The zero-order valence-corrected chi connectivity index (χ0v) is 13.2. The summed E-state index contributed by atoms with van der Waals surface area (Å²) in [6, 6.07) is 1.60. The van der Waals surface area contributed by atoms with Crippen LogP contribution in [0.4, 0.5) is 5.82 Å². The van der Waals surface area contributed by atoms with Gasteiger partial charge in [-0.25, -0.2) is 0 Å². The molecular formula is C14H19BN2O5. The predicted octanol–water partition coefficient (Wildman–Crippen LogP) is 1.83. The van der Waals surface area contributed by atoms with Gasteiger partial charge in [-0.1, -0.05) is 0 Å². The normalized spacial score (nSPS) is 22.6. The maximum absolute atomic E-state index is 11.2. The van der Waals surface area contributed by atoms with E-state index < -0.39 is 23.2 Å². The van der Waals surface area contributed by atoms with Crippen LogP contribution in [-0.2, 0) is 9.31 Å². The van der Waals surface area contributed by atoms with E-state index in [1.165, 1.54) is 6.20 Å². The molecule has 0 spiro atoms. The highest BCUT2D eigenvalue weighted by Gasteiger charge is 2.53. The highest BCUT2D eigenvalue weighted by atomic mass is 16.7. The third-order valence-corrected chi connectivity index (χ3v) is 4.38. The molecule has 0 aromatic carbocycles. The number of pyridine rings is 1. The van der Waals surface area contributed by atoms with Gasteiger partial charge in [0.1, 0.15) is 0 Å². The topological polar surface area (TPSA) is 83.7 Å². The molecule has 8 heteroatoms. The lowest BCUT2D eigenvalue weighted by Crippen LogP contribution is -2.41. The maximum Gasteiger partial charge on any atom is 0.503 e. The molecule has 1 saturated carbocycles. The van der Waals surface area contributed by atoms with Gasteiger partial charge in [0.05, 0.1) is 22.8 Å². The summed E-state index contributed by atoms with van der Waals surface area (Å²) in [6.07, 6.45) is 3.57. The molecule has 0 atom stereocenters. The van der Waals surface area contributed by atoms with Crippen molar-refractivity contribution in [3.05, 3.63) is 22.4 Å². The van der Waals surface area contributed by atoms with Crippen molar-refractivity contribution >= 4 is 18.4 Å². The minimum atomic E-state index is -0.833. The first kappa shape index (κ1) is 15.2. The molecule has 1 saturated heterocycles. The minimum absolute atomic E-state index is 0.189. The Labute approximate surface area is 129 Å². The summed E-state index contributed by atoms with van der Waals surface area (Å²) in [5.74, 6) is 0.249. The molecule has 118 valence electrons. The van der Waals surface area contributed by atoms with Gasteiger partial charge in [0.25, 0.3) is 0 Å². The van der Waals surface area contributed by atoms with Crippen LogP contribution in [0.15, 0.2) is 12.3 Å². The largest absolute Gasteiger partial charge is 0.503 e. The van der Waals surface area contributed by atoms with Crippen molar-refractivity contribution < 1.29 is 19.0 Å². The molecular weight excluding hydrogens is 287 g/mol. The average Bonchev–Trinajstić information content (AvgIpc) is 3.17. The zero-order valence-electron chi connectivity index (χ0n) is 13.2. The van der Waals surface area contributed by atoms with Gasteiger partial charge < -0.3 is 24.2 Å². The molecule has 1 aliphatic carbocycles. The van der Waals surface area contributed by atoms with Crippen LogP contribution in [0.1, 0.15) is 40.5 Å². The Hall–Kier alpha value is -1.67. The summed E-state index contributed by atoms with van der Waals surface area (Å²) < 4.78 is 17.5. The van der Waals surface area contributed by atoms with Crippen molar-refractivity contribution in [1.29, 1.82) is 0 Å². The van der Waals surface area contributed by atoms with Gasteiger partial charge in [0.15, 0.2) is 11.9 Å². The first-order chi connectivity index (χ1) is 10.2. The van der Waals surface area contributed by atoms with Gasteiger partial charge in [-0.3, -0.25) is 0 Å². The highest BCUT2D eigenvalue weighted by Crippen LogP contribution is 2.37. The molecule has 0 radical (unpaired) electrons. The van der Waals surface area contributed by atoms with Crippen LogP contribution < -0.4 is 10.2 Å². The first-order valence-corrected chi connectivity index (χ1v) is 7.36. The Kier molecular flexibility index (Phi) is 3.41. The number of hydrogen-bond acceptors (Lipinski definition) is 6. The van der Waals surface area contributed by atoms with E-state index in [9.17, 15) is 10.1 Å². The van der Waals surface area contributed by atoms with E-state index in [-0.39, 0.29) is 11.9 Å². The quantitative estimate of drug-likeness (QED) is 0.479. The Morgan fingerprint density at radius 2 is 1.91 bits per heavy atom. The van der Waals surface area contributed by atoms with Gasteiger partial charge in [0, 0.05) is 0 Å².